The van der Waals surface area contributed by atoms with Crippen molar-refractivity contribution in [2.75, 3.05) is 13.2 Å². The fraction of sp³-hybridized carbons (Fsp3) is 0.786. The molecule has 176 valence electrons. The van der Waals surface area contributed by atoms with Crippen LogP contribution in [0.1, 0.15) is 114 Å². The summed E-state index contributed by atoms with van der Waals surface area (Å²) in [5, 5.41) is 0. The molecule has 0 radical (unpaired) electrons. The van der Waals surface area contributed by atoms with Gasteiger partial charge in [0.2, 0.25) is 0 Å². The van der Waals surface area contributed by atoms with Crippen LogP contribution in [0, 0.1) is 17.7 Å². The fourth-order valence-corrected chi connectivity index (χ4v) is 5.44. The molecule has 1 heterocycles. The molecule has 0 unspecified atom stereocenters. The van der Waals surface area contributed by atoms with Gasteiger partial charge >= 0.3 is 0 Å². The van der Waals surface area contributed by atoms with Crippen molar-refractivity contribution in [2.24, 2.45) is 11.8 Å². The van der Waals surface area contributed by atoms with Crippen LogP contribution in [0.25, 0.3) is 0 Å². The monoisotopic (exact) mass is 432 g/mol. The van der Waals surface area contributed by atoms with Gasteiger partial charge in [-0.15, -0.1) is 0 Å². The van der Waals surface area contributed by atoms with Gasteiger partial charge < -0.3 is 9.47 Å². The van der Waals surface area contributed by atoms with Crippen molar-refractivity contribution in [2.45, 2.75) is 116 Å². The molecule has 1 aromatic rings. The van der Waals surface area contributed by atoms with E-state index in [9.17, 15) is 4.39 Å². The third-order valence-corrected chi connectivity index (χ3v) is 7.49. The molecule has 2 aliphatic rings. The van der Waals surface area contributed by atoms with Gasteiger partial charge in [0, 0.05) is 12.3 Å². The molecule has 1 saturated carbocycles. The maximum atomic E-state index is 14.8. The Morgan fingerprint density at radius 3 is 2.23 bits per heavy atom. The second-order valence-corrected chi connectivity index (χ2v) is 10.1. The van der Waals surface area contributed by atoms with Gasteiger partial charge in [0.05, 0.1) is 13.2 Å². The van der Waals surface area contributed by atoms with Gasteiger partial charge in [-0.25, -0.2) is 4.39 Å². The smallest absolute Gasteiger partial charge is 0.157 e. The molecule has 0 N–H and O–H groups in total. The summed E-state index contributed by atoms with van der Waals surface area (Å²) in [6.45, 7) is 6.11. The second kappa shape index (κ2) is 13.6. The highest BCUT2D eigenvalue weighted by molar-refractivity contribution is 5.27. The Bertz CT molecular complexity index is 615. The topological polar surface area (TPSA) is 18.5 Å². The Hall–Kier alpha value is -0.930. The van der Waals surface area contributed by atoms with E-state index in [-0.39, 0.29) is 12.1 Å². The van der Waals surface area contributed by atoms with Crippen LogP contribution in [-0.4, -0.2) is 19.5 Å². The highest BCUT2D eigenvalue weighted by Gasteiger charge is 2.24. The van der Waals surface area contributed by atoms with Crippen molar-refractivity contribution in [3.8, 4) is 0 Å². The molecule has 0 aromatic heterocycles. The summed E-state index contributed by atoms with van der Waals surface area (Å²) >= 11 is 0. The Morgan fingerprint density at radius 1 is 0.806 bits per heavy atom. The van der Waals surface area contributed by atoms with Gasteiger partial charge in [-0.2, -0.15) is 0 Å². The van der Waals surface area contributed by atoms with Crippen molar-refractivity contribution >= 4 is 0 Å². The largest absolute Gasteiger partial charge is 0.352 e. The lowest BCUT2D eigenvalue weighted by atomic mass is 9.77. The highest BCUT2D eigenvalue weighted by atomic mass is 19.1. The van der Waals surface area contributed by atoms with Gasteiger partial charge in [0.1, 0.15) is 5.82 Å². The van der Waals surface area contributed by atoms with Crippen molar-refractivity contribution in [3.05, 3.63) is 35.1 Å². The Balaban J connectivity index is 1.36. The Morgan fingerprint density at radius 2 is 1.55 bits per heavy atom. The molecule has 3 rings (SSSR count). The fourth-order valence-electron chi connectivity index (χ4n) is 5.44. The van der Waals surface area contributed by atoms with Crippen LogP contribution in [0.3, 0.4) is 0 Å². The molecule has 0 spiro atoms. The van der Waals surface area contributed by atoms with E-state index in [0.29, 0.717) is 18.3 Å². The average Bonchev–Trinajstić information content (AvgIpc) is 2.80. The zero-order valence-electron chi connectivity index (χ0n) is 20.0. The van der Waals surface area contributed by atoms with Crippen molar-refractivity contribution < 1.29 is 13.9 Å². The van der Waals surface area contributed by atoms with E-state index in [0.717, 1.165) is 31.1 Å². The first-order valence-electron chi connectivity index (χ1n) is 13.2. The first kappa shape index (κ1) is 24.7. The van der Waals surface area contributed by atoms with E-state index in [1.807, 2.05) is 6.07 Å². The highest BCUT2D eigenvalue weighted by Crippen LogP contribution is 2.38. The lowest BCUT2D eigenvalue weighted by molar-refractivity contribution is -0.203. The third-order valence-electron chi connectivity index (χ3n) is 7.49. The minimum atomic E-state index is -0.177. The number of halogens is 1. The normalized spacial score (nSPS) is 26.8. The molecule has 1 aliphatic carbocycles. The number of hydrogen-bond acceptors (Lipinski definition) is 2. The summed E-state index contributed by atoms with van der Waals surface area (Å²) < 4.78 is 26.6. The molecule has 31 heavy (non-hydrogen) atoms. The lowest BCUT2D eigenvalue weighted by Gasteiger charge is -2.30. The van der Waals surface area contributed by atoms with E-state index in [4.69, 9.17) is 9.47 Å². The maximum absolute atomic E-state index is 14.8. The van der Waals surface area contributed by atoms with Gasteiger partial charge in [0.15, 0.2) is 6.29 Å². The first-order valence-corrected chi connectivity index (χ1v) is 13.2. The summed E-state index contributed by atoms with van der Waals surface area (Å²) in [5.74, 6) is 1.91. The molecule has 0 amide bonds. The van der Waals surface area contributed by atoms with Crippen LogP contribution in [0.15, 0.2) is 18.2 Å². The minimum Gasteiger partial charge on any atom is -0.352 e. The molecule has 3 heteroatoms. The number of ether oxygens (including phenoxy) is 2. The Kier molecular flexibility index (Phi) is 10.8. The first-order chi connectivity index (χ1) is 15.2. The summed E-state index contributed by atoms with van der Waals surface area (Å²) in [6.07, 6.45) is 16.7. The van der Waals surface area contributed by atoms with E-state index in [1.54, 1.807) is 6.07 Å². The summed E-state index contributed by atoms with van der Waals surface area (Å²) in [7, 11) is 0. The summed E-state index contributed by atoms with van der Waals surface area (Å²) in [6, 6.07) is 5.97. The minimum absolute atomic E-state index is 0.0473. The van der Waals surface area contributed by atoms with Crippen LogP contribution in [0.4, 0.5) is 4.39 Å². The van der Waals surface area contributed by atoms with Crippen molar-refractivity contribution in [1.29, 1.82) is 0 Å². The number of hydrogen-bond donors (Lipinski definition) is 0. The van der Waals surface area contributed by atoms with Crippen molar-refractivity contribution in [1.82, 2.24) is 0 Å². The third kappa shape index (κ3) is 8.17. The zero-order valence-corrected chi connectivity index (χ0v) is 20.0. The van der Waals surface area contributed by atoms with E-state index in [1.165, 1.54) is 82.6 Å². The van der Waals surface area contributed by atoms with Gasteiger partial charge in [-0.05, 0) is 67.6 Å². The standard InChI is InChI=1S/C28H45FO2/c1-3-5-6-7-8-10-23-20-30-28(31-21-23)18-17-25-15-16-26(19-27(25)29)24-13-11-22(9-4-2)12-14-24/h15-16,19,22-24,28H,3-14,17-18,20-21H2,1-2H3/t22-,23?,24-,28?. The summed E-state index contributed by atoms with van der Waals surface area (Å²) in [5.41, 5.74) is 2.00. The molecule has 0 atom stereocenters. The molecule has 1 saturated heterocycles. The van der Waals surface area contributed by atoms with Crippen LogP contribution in [0.5, 0.6) is 0 Å². The zero-order chi connectivity index (χ0) is 21.9. The van der Waals surface area contributed by atoms with Gasteiger partial charge in [0.25, 0.3) is 0 Å². The van der Waals surface area contributed by atoms with Crippen LogP contribution < -0.4 is 0 Å². The predicted molar refractivity (Wildman–Crippen MR) is 127 cm³/mol. The molecule has 1 aliphatic heterocycles. The van der Waals surface area contributed by atoms with Crippen LogP contribution in [-0.2, 0) is 15.9 Å². The predicted octanol–water partition coefficient (Wildman–Crippen LogP) is 8.18. The van der Waals surface area contributed by atoms with E-state index < -0.39 is 0 Å². The Labute approximate surface area is 190 Å². The quantitative estimate of drug-likeness (QED) is 0.310. The SMILES string of the molecule is CCCCCCCC1COC(CCc2ccc([C@H]3CC[C@H](CCC)CC3)cc2F)OC1. The molecule has 2 nitrogen and oxygen atoms in total. The lowest BCUT2D eigenvalue weighted by Crippen LogP contribution is -2.32. The average molecular weight is 433 g/mol. The maximum Gasteiger partial charge on any atom is 0.157 e. The van der Waals surface area contributed by atoms with Crippen LogP contribution >= 0.6 is 0 Å². The van der Waals surface area contributed by atoms with Crippen LogP contribution in [0.2, 0.25) is 0 Å². The van der Waals surface area contributed by atoms with E-state index >= 15 is 0 Å². The van der Waals surface area contributed by atoms with E-state index in [2.05, 4.69) is 19.9 Å². The molecular weight excluding hydrogens is 387 g/mol. The molecule has 1 aromatic carbocycles. The van der Waals surface area contributed by atoms with Crippen molar-refractivity contribution in [3.63, 3.8) is 0 Å². The van der Waals surface area contributed by atoms with Gasteiger partial charge in [-0.1, -0.05) is 70.9 Å². The molecule has 0 bridgehead atoms. The number of aryl methyl sites for hydroxylation is 1. The number of unbranched alkanes of at least 4 members (excludes halogenated alkanes) is 4. The molecule has 2 fully saturated rings. The molecular formula is C28H45FO2. The number of benzene rings is 1. The number of rotatable bonds is 12. The second-order valence-electron chi connectivity index (χ2n) is 10.1. The van der Waals surface area contributed by atoms with Gasteiger partial charge in [-0.3, -0.25) is 0 Å². The summed E-state index contributed by atoms with van der Waals surface area (Å²) in [4.78, 5) is 0.